The van der Waals surface area contributed by atoms with Crippen molar-refractivity contribution in [3.05, 3.63) is 53.8 Å². The fraction of sp³-hybridized carbons (Fsp3) is 0.350. The highest BCUT2D eigenvalue weighted by Crippen LogP contribution is 2.39. The molecule has 0 bridgehead atoms. The van der Waals surface area contributed by atoms with E-state index in [0.717, 1.165) is 0 Å². The Labute approximate surface area is 163 Å². The Kier molecular flexibility index (Phi) is 4.84. The molecular weight excluding hydrogens is 383 g/mol. The number of sulfonamides is 1. The van der Waals surface area contributed by atoms with E-state index in [4.69, 9.17) is 4.74 Å². The number of carbonyl (C=O) groups is 1. The third-order valence-corrected chi connectivity index (χ3v) is 7.12. The van der Waals surface area contributed by atoms with Gasteiger partial charge in [0, 0.05) is 19.5 Å². The lowest BCUT2D eigenvalue weighted by atomic mass is 10.1. The van der Waals surface area contributed by atoms with Gasteiger partial charge in [-0.25, -0.2) is 12.8 Å². The lowest BCUT2D eigenvalue weighted by Gasteiger charge is -2.30. The quantitative estimate of drug-likeness (QED) is 0.789. The molecule has 0 aliphatic carbocycles. The monoisotopic (exact) mass is 404 g/mol. The number of anilines is 1. The van der Waals surface area contributed by atoms with Gasteiger partial charge in [-0.2, -0.15) is 4.31 Å². The summed E-state index contributed by atoms with van der Waals surface area (Å²) in [5, 5.41) is 0. The van der Waals surface area contributed by atoms with Crippen LogP contribution in [0.2, 0.25) is 0 Å². The Balaban J connectivity index is 1.69. The maximum Gasteiger partial charge on any atom is 0.243 e. The van der Waals surface area contributed by atoms with Crippen molar-refractivity contribution in [3.63, 3.8) is 0 Å². The Morgan fingerprint density at radius 3 is 2.75 bits per heavy atom. The average Bonchev–Trinajstić information content (AvgIpc) is 3.17. The molecule has 2 aromatic carbocycles. The molecule has 2 heterocycles. The fourth-order valence-corrected chi connectivity index (χ4v) is 5.60. The molecule has 2 aliphatic heterocycles. The number of ether oxygens (including phenoxy) is 1. The summed E-state index contributed by atoms with van der Waals surface area (Å²) in [5.74, 6) is -0.122. The van der Waals surface area contributed by atoms with E-state index in [2.05, 4.69) is 0 Å². The third-order valence-electron chi connectivity index (χ3n) is 5.22. The molecule has 0 unspecified atom stereocenters. The van der Waals surface area contributed by atoms with E-state index in [9.17, 15) is 17.6 Å². The second-order valence-electron chi connectivity index (χ2n) is 6.98. The van der Waals surface area contributed by atoms with Gasteiger partial charge in [0.05, 0.1) is 23.2 Å². The molecule has 4 rings (SSSR count). The molecule has 2 aromatic rings. The second-order valence-corrected chi connectivity index (χ2v) is 8.87. The van der Waals surface area contributed by atoms with E-state index in [1.807, 2.05) is 0 Å². The highest BCUT2D eigenvalue weighted by Gasteiger charge is 2.37. The summed E-state index contributed by atoms with van der Waals surface area (Å²) < 4.78 is 47.3. The first-order valence-corrected chi connectivity index (χ1v) is 10.6. The summed E-state index contributed by atoms with van der Waals surface area (Å²) in [5.41, 5.74) is 1.22. The topological polar surface area (TPSA) is 66.9 Å². The Bertz CT molecular complexity index is 1020. The van der Waals surface area contributed by atoms with Gasteiger partial charge in [-0.3, -0.25) is 4.79 Å². The zero-order valence-electron chi connectivity index (χ0n) is 15.5. The molecule has 0 N–H and O–H groups in total. The number of benzene rings is 2. The summed E-state index contributed by atoms with van der Waals surface area (Å²) >= 11 is 0. The van der Waals surface area contributed by atoms with Crippen LogP contribution in [0.1, 0.15) is 31.4 Å². The molecule has 1 fully saturated rings. The molecular formula is C20H21FN2O4S. The molecule has 6 nitrogen and oxygen atoms in total. The third kappa shape index (κ3) is 3.27. The number of rotatable bonds is 3. The molecule has 0 saturated carbocycles. The molecule has 1 saturated heterocycles. The molecule has 28 heavy (non-hydrogen) atoms. The molecule has 2 aliphatic rings. The van der Waals surface area contributed by atoms with Gasteiger partial charge in [0.2, 0.25) is 15.9 Å². The zero-order valence-corrected chi connectivity index (χ0v) is 16.3. The fourth-order valence-electron chi connectivity index (χ4n) is 3.90. The van der Waals surface area contributed by atoms with Crippen LogP contribution in [0.5, 0.6) is 5.75 Å². The highest BCUT2D eigenvalue weighted by atomic mass is 32.2. The van der Waals surface area contributed by atoms with E-state index in [1.54, 1.807) is 23.1 Å². The molecule has 0 radical (unpaired) electrons. The number of amides is 1. The van der Waals surface area contributed by atoms with Crippen LogP contribution in [-0.4, -0.2) is 38.3 Å². The first kappa shape index (κ1) is 18.9. The van der Waals surface area contributed by atoms with Gasteiger partial charge in [-0.1, -0.05) is 12.1 Å². The lowest BCUT2D eigenvalue weighted by Crippen LogP contribution is -2.36. The lowest BCUT2D eigenvalue weighted by molar-refractivity contribution is -0.116. The molecule has 1 amide bonds. The number of fused-ring (bicyclic) bond motifs is 1. The van der Waals surface area contributed by atoms with Crippen LogP contribution in [0, 0.1) is 5.82 Å². The van der Waals surface area contributed by atoms with E-state index in [-0.39, 0.29) is 16.6 Å². The van der Waals surface area contributed by atoms with Crippen molar-refractivity contribution in [2.45, 2.75) is 30.7 Å². The zero-order chi connectivity index (χ0) is 19.9. The predicted molar refractivity (Wildman–Crippen MR) is 102 cm³/mol. The van der Waals surface area contributed by atoms with Crippen molar-refractivity contribution in [1.29, 1.82) is 0 Å². The van der Waals surface area contributed by atoms with Crippen molar-refractivity contribution in [3.8, 4) is 5.75 Å². The summed E-state index contributed by atoms with van der Waals surface area (Å²) in [6, 6.07) is 10.3. The van der Waals surface area contributed by atoms with Crippen LogP contribution in [0.4, 0.5) is 10.1 Å². The molecule has 8 heteroatoms. The van der Waals surface area contributed by atoms with Crippen LogP contribution < -0.4 is 9.64 Å². The Hall–Kier alpha value is -2.45. The number of nitrogens with zero attached hydrogens (tertiary/aromatic N) is 2. The Morgan fingerprint density at radius 1 is 1.18 bits per heavy atom. The highest BCUT2D eigenvalue weighted by molar-refractivity contribution is 7.89. The van der Waals surface area contributed by atoms with Crippen LogP contribution in [0.15, 0.2) is 47.4 Å². The summed E-state index contributed by atoms with van der Waals surface area (Å²) in [4.78, 5) is 13.5. The predicted octanol–water partition coefficient (Wildman–Crippen LogP) is 3.10. The van der Waals surface area contributed by atoms with Gasteiger partial charge in [0.15, 0.2) is 0 Å². The van der Waals surface area contributed by atoms with E-state index in [0.29, 0.717) is 49.5 Å². The molecule has 0 spiro atoms. The second kappa shape index (κ2) is 7.18. The number of carbonyl (C=O) groups excluding carboxylic acids is 1. The van der Waals surface area contributed by atoms with Gasteiger partial charge in [0.1, 0.15) is 18.2 Å². The van der Waals surface area contributed by atoms with Gasteiger partial charge < -0.3 is 9.64 Å². The smallest absolute Gasteiger partial charge is 0.243 e. The molecule has 1 atom stereocenters. The van der Waals surface area contributed by atoms with E-state index in [1.165, 1.54) is 35.5 Å². The van der Waals surface area contributed by atoms with Crippen molar-refractivity contribution < 1.29 is 22.3 Å². The largest absolute Gasteiger partial charge is 0.489 e. The summed E-state index contributed by atoms with van der Waals surface area (Å²) in [6.07, 6.45) is 1.35. The summed E-state index contributed by atoms with van der Waals surface area (Å²) in [6.45, 7) is 2.59. The van der Waals surface area contributed by atoms with E-state index < -0.39 is 16.1 Å². The summed E-state index contributed by atoms with van der Waals surface area (Å²) in [7, 11) is -3.79. The van der Waals surface area contributed by atoms with Gasteiger partial charge in [-0.05, 0) is 42.7 Å². The maximum absolute atomic E-state index is 13.6. The molecule has 0 aromatic heterocycles. The van der Waals surface area contributed by atoms with Crippen molar-refractivity contribution in [2.24, 2.45) is 0 Å². The standard InChI is InChI=1S/C20H21FN2O4S/c1-14(24)22-10-11-27-20-13-17(7-8-19(20)22)28(25,26)23-9-3-6-18(23)15-4-2-5-16(21)12-15/h2,4-5,7-8,12-13,18H,3,6,9-11H2,1H3/t18-/m1/s1. The maximum atomic E-state index is 13.6. The van der Waals surface area contributed by atoms with E-state index >= 15 is 0 Å². The number of hydrogen-bond acceptors (Lipinski definition) is 4. The minimum Gasteiger partial charge on any atom is -0.489 e. The van der Waals surface area contributed by atoms with Crippen LogP contribution >= 0.6 is 0 Å². The van der Waals surface area contributed by atoms with Gasteiger partial charge in [-0.15, -0.1) is 0 Å². The number of hydrogen-bond donors (Lipinski definition) is 0. The van der Waals surface area contributed by atoms with Crippen LogP contribution in [0.3, 0.4) is 0 Å². The van der Waals surface area contributed by atoms with Crippen molar-refractivity contribution >= 4 is 21.6 Å². The van der Waals surface area contributed by atoms with Gasteiger partial charge in [0.25, 0.3) is 0 Å². The average molecular weight is 404 g/mol. The minimum atomic E-state index is -3.79. The van der Waals surface area contributed by atoms with Crippen molar-refractivity contribution in [1.82, 2.24) is 4.31 Å². The number of halogens is 1. The minimum absolute atomic E-state index is 0.111. The van der Waals surface area contributed by atoms with Crippen LogP contribution in [0.25, 0.3) is 0 Å². The first-order chi connectivity index (χ1) is 13.4. The van der Waals surface area contributed by atoms with Crippen molar-refractivity contribution in [2.75, 3.05) is 24.6 Å². The Morgan fingerprint density at radius 2 is 2.00 bits per heavy atom. The normalized spacial score (nSPS) is 19.9. The van der Waals surface area contributed by atoms with Gasteiger partial charge >= 0.3 is 0 Å². The first-order valence-electron chi connectivity index (χ1n) is 9.20. The molecule has 148 valence electrons. The van der Waals surface area contributed by atoms with Crippen LogP contribution in [-0.2, 0) is 14.8 Å². The SMILES string of the molecule is CC(=O)N1CCOc2cc(S(=O)(=O)N3CCC[C@@H]3c3cccc(F)c3)ccc21.